The predicted octanol–water partition coefficient (Wildman–Crippen LogP) is 2.45. The summed E-state index contributed by atoms with van der Waals surface area (Å²) in [5, 5.41) is 0.134. The molecule has 0 heterocycles. The van der Waals surface area contributed by atoms with Gasteiger partial charge in [-0.2, -0.15) is 0 Å². The molecule has 0 saturated carbocycles. The molecule has 1 rings (SSSR count). The highest BCUT2D eigenvalue weighted by atomic mass is 35.5. The maximum absolute atomic E-state index is 13.5. The lowest BCUT2D eigenvalue weighted by molar-refractivity contribution is 0.125. The van der Waals surface area contributed by atoms with Crippen LogP contribution in [0.1, 0.15) is 18.5 Å². The minimum Gasteiger partial charge on any atom is -0.383 e. The smallest absolute Gasteiger partial charge is 0.142 e. The first-order valence-corrected chi connectivity index (χ1v) is 6.39. The van der Waals surface area contributed by atoms with Gasteiger partial charge in [-0.05, 0) is 24.2 Å². The average Bonchev–Trinajstić information content (AvgIpc) is 2.38. The van der Waals surface area contributed by atoms with Gasteiger partial charge in [-0.3, -0.25) is 4.90 Å². The van der Waals surface area contributed by atoms with Crippen molar-refractivity contribution in [3.8, 4) is 0 Å². The van der Waals surface area contributed by atoms with Gasteiger partial charge in [0, 0.05) is 26.2 Å². The predicted molar refractivity (Wildman–Crippen MR) is 72.3 cm³/mol. The van der Waals surface area contributed by atoms with Gasteiger partial charge < -0.3 is 10.5 Å². The van der Waals surface area contributed by atoms with E-state index in [0.29, 0.717) is 13.2 Å². The van der Waals surface area contributed by atoms with E-state index in [1.54, 1.807) is 13.2 Å². The van der Waals surface area contributed by atoms with Gasteiger partial charge in [0.25, 0.3) is 0 Å². The Balaban J connectivity index is 2.88. The highest BCUT2D eigenvalue weighted by Crippen LogP contribution is 2.23. The Kier molecular flexibility index (Phi) is 6.57. The molecule has 0 bridgehead atoms. The van der Waals surface area contributed by atoms with Crippen molar-refractivity contribution in [3.63, 3.8) is 0 Å². The minimum atomic E-state index is -0.407. The van der Waals surface area contributed by atoms with Crippen LogP contribution in [-0.4, -0.2) is 38.3 Å². The van der Waals surface area contributed by atoms with Crippen LogP contribution in [0.25, 0.3) is 0 Å². The lowest BCUT2D eigenvalue weighted by atomic mass is 10.1. The Bertz CT molecular complexity index is 376. The largest absolute Gasteiger partial charge is 0.383 e. The van der Waals surface area contributed by atoms with Gasteiger partial charge in [-0.25, -0.2) is 4.39 Å². The molecule has 1 aromatic carbocycles. The lowest BCUT2D eigenvalue weighted by Crippen LogP contribution is -2.36. The number of methoxy groups -OCH3 is 1. The zero-order chi connectivity index (χ0) is 13.5. The van der Waals surface area contributed by atoms with E-state index in [1.165, 1.54) is 6.07 Å². The van der Waals surface area contributed by atoms with Crippen molar-refractivity contribution in [3.05, 3.63) is 34.6 Å². The summed E-state index contributed by atoms with van der Waals surface area (Å²) < 4.78 is 18.5. The van der Waals surface area contributed by atoms with E-state index in [9.17, 15) is 4.39 Å². The second-order valence-corrected chi connectivity index (χ2v) is 4.45. The van der Waals surface area contributed by atoms with E-state index in [0.717, 1.165) is 18.7 Å². The van der Waals surface area contributed by atoms with Crippen LogP contribution in [-0.2, 0) is 4.74 Å². The molecule has 0 saturated heterocycles. The van der Waals surface area contributed by atoms with E-state index in [2.05, 4.69) is 4.90 Å². The van der Waals surface area contributed by atoms with E-state index in [1.807, 2.05) is 13.0 Å². The van der Waals surface area contributed by atoms with Gasteiger partial charge in [0.05, 0.1) is 11.6 Å². The van der Waals surface area contributed by atoms with Crippen LogP contribution in [0.2, 0.25) is 5.02 Å². The Hall–Kier alpha value is -0.680. The number of halogens is 2. The third kappa shape index (κ3) is 3.92. The first-order chi connectivity index (χ1) is 8.63. The van der Waals surface area contributed by atoms with Gasteiger partial charge in [-0.15, -0.1) is 0 Å². The molecular weight excluding hydrogens is 255 g/mol. The van der Waals surface area contributed by atoms with Crippen LogP contribution in [0.3, 0.4) is 0 Å². The number of hydrogen-bond donors (Lipinski definition) is 1. The molecule has 1 aromatic rings. The van der Waals surface area contributed by atoms with E-state index >= 15 is 0 Å². The van der Waals surface area contributed by atoms with Crippen LogP contribution >= 0.6 is 11.6 Å². The van der Waals surface area contributed by atoms with Crippen LogP contribution in [0, 0.1) is 5.82 Å². The van der Waals surface area contributed by atoms with Crippen molar-refractivity contribution in [2.75, 3.05) is 33.4 Å². The monoisotopic (exact) mass is 274 g/mol. The van der Waals surface area contributed by atoms with Crippen LogP contribution in [0.5, 0.6) is 0 Å². The molecule has 0 spiro atoms. The number of hydrogen-bond acceptors (Lipinski definition) is 3. The van der Waals surface area contributed by atoms with E-state index in [-0.39, 0.29) is 11.1 Å². The zero-order valence-corrected chi connectivity index (χ0v) is 11.6. The second-order valence-electron chi connectivity index (χ2n) is 4.05. The number of nitrogens with zero attached hydrogens (tertiary/aromatic N) is 1. The van der Waals surface area contributed by atoms with Gasteiger partial charge in [0.1, 0.15) is 5.82 Å². The van der Waals surface area contributed by atoms with Gasteiger partial charge in [0.2, 0.25) is 0 Å². The Morgan fingerprint density at radius 3 is 2.72 bits per heavy atom. The maximum Gasteiger partial charge on any atom is 0.142 e. The Morgan fingerprint density at radius 2 is 2.22 bits per heavy atom. The van der Waals surface area contributed by atoms with Gasteiger partial charge in [0.15, 0.2) is 0 Å². The molecule has 18 heavy (non-hydrogen) atoms. The lowest BCUT2D eigenvalue weighted by Gasteiger charge is -2.30. The highest BCUT2D eigenvalue weighted by molar-refractivity contribution is 6.30. The molecular formula is C13H20ClFN2O. The van der Waals surface area contributed by atoms with E-state index in [4.69, 9.17) is 22.1 Å². The summed E-state index contributed by atoms with van der Waals surface area (Å²) in [6.45, 7) is 4.69. The van der Waals surface area contributed by atoms with E-state index < -0.39 is 5.82 Å². The summed E-state index contributed by atoms with van der Waals surface area (Å²) >= 11 is 5.69. The van der Waals surface area contributed by atoms with Crippen molar-refractivity contribution in [2.45, 2.75) is 13.0 Å². The highest BCUT2D eigenvalue weighted by Gasteiger charge is 2.18. The number of likely N-dealkylation sites (N-methyl/N-ethyl adjacent to an activating group) is 1. The molecule has 2 N–H and O–H groups in total. The summed E-state index contributed by atoms with van der Waals surface area (Å²) in [6.07, 6.45) is 0. The molecule has 0 aliphatic heterocycles. The van der Waals surface area contributed by atoms with Crippen molar-refractivity contribution in [2.24, 2.45) is 5.73 Å². The molecule has 0 radical (unpaired) electrons. The first-order valence-electron chi connectivity index (χ1n) is 6.02. The summed E-state index contributed by atoms with van der Waals surface area (Å²) in [5.41, 5.74) is 6.65. The topological polar surface area (TPSA) is 38.5 Å². The fourth-order valence-corrected chi connectivity index (χ4v) is 2.08. The van der Waals surface area contributed by atoms with Crippen molar-refractivity contribution in [1.29, 1.82) is 0 Å². The minimum absolute atomic E-state index is 0.0167. The SMILES string of the molecule is CCN(CCOC)C(CN)c1ccc(Cl)c(F)c1. The summed E-state index contributed by atoms with van der Waals surface area (Å²) in [7, 11) is 1.66. The molecule has 1 unspecified atom stereocenters. The van der Waals surface area contributed by atoms with Crippen molar-refractivity contribution >= 4 is 11.6 Å². The molecule has 0 aliphatic rings. The van der Waals surface area contributed by atoms with Crippen molar-refractivity contribution < 1.29 is 9.13 Å². The molecule has 0 aliphatic carbocycles. The van der Waals surface area contributed by atoms with Crippen LogP contribution in [0.4, 0.5) is 4.39 Å². The molecule has 0 aromatic heterocycles. The number of nitrogens with two attached hydrogens (primary N) is 1. The van der Waals surface area contributed by atoms with Gasteiger partial charge in [-0.1, -0.05) is 24.6 Å². The second kappa shape index (κ2) is 7.69. The molecule has 5 heteroatoms. The first kappa shape index (κ1) is 15.4. The fourth-order valence-electron chi connectivity index (χ4n) is 1.96. The Labute approximate surface area is 113 Å². The Morgan fingerprint density at radius 1 is 1.50 bits per heavy atom. The van der Waals surface area contributed by atoms with Crippen LogP contribution < -0.4 is 5.73 Å². The summed E-state index contributed by atoms with van der Waals surface area (Å²) in [5.74, 6) is -0.407. The normalized spacial score (nSPS) is 13.0. The zero-order valence-electron chi connectivity index (χ0n) is 10.8. The molecule has 1 atom stereocenters. The molecule has 0 fully saturated rings. The third-order valence-electron chi connectivity index (χ3n) is 2.98. The molecule has 0 amide bonds. The number of benzene rings is 1. The summed E-state index contributed by atoms with van der Waals surface area (Å²) in [4.78, 5) is 2.16. The quantitative estimate of drug-likeness (QED) is 0.830. The third-order valence-corrected chi connectivity index (χ3v) is 3.29. The molecule has 3 nitrogen and oxygen atoms in total. The van der Waals surface area contributed by atoms with Crippen molar-refractivity contribution in [1.82, 2.24) is 4.90 Å². The van der Waals surface area contributed by atoms with Gasteiger partial charge >= 0.3 is 0 Å². The number of ether oxygens (including phenoxy) is 1. The standard InChI is InChI=1S/C13H20ClFN2O/c1-3-17(6-7-18-2)13(9-16)10-4-5-11(14)12(15)8-10/h4-5,8,13H,3,6-7,9,16H2,1-2H3. The molecule has 102 valence electrons. The number of rotatable bonds is 7. The summed E-state index contributed by atoms with van der Waals surface area (Å²) in [6, 6.07) is 4.82. The van der Waals surface area contributed by atoms with Crippen LogP contribution in [0.15, 0.2) is 18.2 Å². The maximum atomic E-state index is 13.5. The fraction of sp³-hybridized carbons (Fsp3) is 0.538. The average molecular weight is 275 g/mol.